The number of urea groups is 1. The molecule has 0 bridgehead atoms. The van der Waals surface area contributed by atoms with Crippen LogP contribution in [0.2, 0.25) is 0 Å². The van der Waals surface area contributed by atoms with Crippen LogP contribution in [0.3, 0.4) is 0 Å². The number of pyridine rings is 1. The van der Waals surface area contributed by atoms with Gasteiger partial charge < -0.3 is 15.7 Å². The molecule has 1 aromatic heterocycles. The molecule has 3 N–H and O–H groups in total. The third kappa shape index (κ3) is 4.20. The van der Waals surface area contributed by atoms with E-state index in [4.69, 9.17) is 0 Å². The minimum atomic E-state index is -0.695. The SMILES string of the molecule is Cc1cnccc1CCNC(=O)NCC1(O)CCCC1. The molecule has 2 rings (SSSR count). The van der Waals surface area contributed by atoms with Crippen LogP contribution in [0.25, 0.3) is 0 Å². The molecule has 1 aliphatic rings. The summed E-state index contributed by atoms with van der Waals surface area (Å²) in [5.74, 6) is 0. The molecule has 1 aromatic rings. The van der Waals surface area contributed by atoms with Crippen LogP contribution in [-0.4, -0.2) is 34.8 Å². The standard InChI is InChI=1S/C15H23N3O2/c1-12-10-16-8-4-13(12)5-9-17-14(19)18-11-15(20)6-2-3-7-15/h4,8,10,20H,2-3,5-7,9,11H2,1H3,(H2,17,18,19). The van der Waals surface area contributed by atoms with Crippen LogP contribution in [0.15, 0.2) is 18.5 Å². The first-order chi connectivity index (χ1) is 9.59. The van der Waals surface area contributed by atoms with E-state index in [1.54, 1.807) is 6.20 Å². The van der Waals surface area contributed by atoms with Gasteiger partial charge in [0.25, 0.3) is 0 Å². The second-order valence-electron chi connectivity index (χ2n) is 5.59. The summed E-state index contributed by atoms with van der Waals surface area (Å²) in [7, 11) is 0. The molecule has 20 heavy (non-hydrogen) atoms. The van der Waals surface area contributed by atoms with Gasteiger partial charge in [-0.2, -0.15) is 0 Å². The zero-order valence-corrected chi connectivity index (χ0v) is 12.0. The van der Waals surface area contributed by atoms with Crippen LogP contribution >= 0.6 is 0 Å². The van der Waals surface area contributed by atoms with E-state index in [0.717, 1.165) is 37.7 Å². The number of amides is 2. The lowest BCUT2D eigenvalue weighted by Gasteiger charge is -2.22. The molecule has 1 aliphatic carbocycles. The topological polar surface area (TPSA) is 74.2 Å². The molecule has 2 amide bonds. The number of aryl methyl sites for hydroxylation is 1. The molecule has 1 saturated carbocycles. The molecule has 0 saturated heterocycles. The fraction of sp³-hybridized carbons (Fsp3) is 0.600. The van der Waals surface area contributed by atoms with Crippen molar-refractivity contribution in [2.75, 3.05) is 13.1 Å². The minimum Gasteiger partial charge on any atom is -0.388 e. The lowest BCUT2D eigenvalue weighted by molar-refractivity contribution is 0.0501. The number of rotatable bonds is 5. The van der Waals surface area contributed by atoms with Gasteiger partial charge in [0.1, 0.15) is 0 Å². The van der Waals surface area contributed by atoms with Crippen molar-refractivity contribution in [3.8, 4) is 0 Å². The highest BCUT2D eigenvalue weighted by Crippen LogP contribution is 2.28. The maximum Gasteiger partial charge on any atom is 0.314 e. The van der Waals surface area contributed by atoms with Crippen LogP contribution < -0.4 is 10.6 Å². The number of aliphatic hydroxyl groups is 1. The van der Waals surface area contributed by atoms with Gasteiger partial charge in [-0.05, 0) is 43.4 Å². The van der Waals surface area contributed by atoms with E-state index in [2.05, 4.69) is 15.6 Å². The molecule has 1 heterocycles. The Kier molecular flexibility index (Phi) is 4.95. The molecular formula is C15H23N3O2. The quantitative estimate of drug-likeness (QED) is 0.764. The molecule has 0 spiro atoms. The summed E-state index contributed by atoms with van der Waals surface area (Å²) < 4.78 is 0. The largest absolute Gasteiger partial charge is 0.388 e. The van der Waals surface area contributed by atoms with Gasteiger partial charge in [-0.25, -0.2) is 4.79 Å². The lowest BCUT2D eigenvalue weighted by atomic mass is 10.0. The van der Waals surface area contributed by atoms with E-state index < -0.39 is 5.60 Å². The van der Waals surface area contributed by atoms with Crippen LogP contribution in [0, 0.1) is 6.92 Å². The van der Waals surface area contributed by atoms with Crippen molar-refractivity contribution >= 4 is 6.03 Å². The molecule has 1 fully saturated rings. The number of aromatic nitrogens is 1. The number of carbonyl (C=O) groups is 1. The first kappa shape index (κ1) is 14.8. The highest BCUT2D eigenvalue weighted by Gasteiger charge is 2.31. The fourth-order valence-corrected chi connectivity index (χ4v) is 2.61. The van der Waals surface area contributed by atoms with Crippen molar-refractivity contribution in [1.82, 2.24) is 15.6 Å². The van der Waals surface area contributed by atoms with Gasteiger partial charge in [-0.3, -0.25) is 4.98 Å². The number of nitrogens with one attached hydrogen (secondary N) is 2. The van der Waals surface area contributed by atoms with Gasteiger partial charge in [-0.15, -0.1) is 0 Å². The normalized spacial score (nSPS) is 16.9. The van der Waals surface area contributed by atoms with Crippen molar-refractivity contribution in [1.29, 1.82) is 0 Å². The Morgan fingerprint density at radius 2 is 2.15 bits per heavy atom. The zero-order chi connectivity index (χ0) is 14.4. The molecule has 0 aromatic carbocycles. The molecule has 0 radical (unpaired) electrons. The average Bonchev–Trinajstić information content (AvgIpc) is 2.86. The summed E-state index contributed by atoms with van der Waals surface area (Å²) in [5, 5.41) is 15.7. The van der Waals surface area contributed by atoms with Crippen molar-refractivity contribution in [3.05, 3.63) is 29.6 Å². The van der Waals surface area contributed by atoms with Crippen molar-refractivity contribution in [3.63, 3.8) is 0 Å². The van der Waals surface area contributed by atoms with Crippen molar-refractivity contribution in [2.24, 2.45) is 0 Å². The second kappa shape index (κ2) is 6.70. The predicted octanol–water partition coefficient (Wildman–Crippen LogP) is 1.54. The Morgan fingerprint density at radius 3 is 2.85 bits per heavy atom. The van der Waals surface area contributed by atoms with E-state index in [0.29, 0.717) is 13.1 Å². The van der Waals surface area contributed by atoms with Gasteiger partial charge in [0.05, 0.1) is 5.60 Å². The van der Waals surface area contributed by atoms with E-state index in [1.807, 2.05) is 19.2 Å². The van der Waals surface area contributed by atoms with Gasteiger partial charge in [0, 0.05) is 25.5 Å². The minimum absolute atomic E-state index is 0.211. The Bertz CT molecular complexity index is 456. The first-order valence-corrected chi connectivity index (χ1v) is 7.23. The fourth-order valence-electron chi connectivity index (χ4n) is 2.61. The highest BCUT2D eigenvalue weighted by atomic mass is 16.3. The summed E-state index contributed by atoms with van der Waals surface area (Å²) in [6.45, 7) is 2.93. The Balaban J connectivity index is 1.67. The highest BCUT2D eigenvalue weighted by molar-refractivity contribution is 5.73. The third-order valence-corrected chi connectivity index (χ3v) is 3.93. The van der Waals surface area contributed by atoms with Crippen LogP contribution in [-0.2, 0) is 6.42 Å². The molecule has 0 unspecified atom stereocenters. The first-order valence-electron chi connectivity index (χ1n) is 7.23. The monoisotopic (exact) mass is 277 g/mol. The maximum atomic E-state index is 11.7. The second-order valence-corrected chi connectivity index (χ2v) is 5.59. The lowest BCUT2D eigenvalue weighted by Crippen LogP contribution is -2.45. The van der Waals surface area contributed by atoms with Crippen LogP contribution in [0.1, 0.15) is 36.8 Å². The number of hydrogen-bond donors (Lipinski definition) is 3. The molecule has 5 heteroatoms. The molecule has 0 atom stereocenters. The third-order valence-electron chi connectivity index (χ3n) is 3.93. The summed E-state index contributed by atoms with van der Waals surface area (Å²) in [4.78, 5) is 15.7. The molecule has 110 valence electrons. The number of nitrogens with zero attached hydrogens (tertiary/aromatic N) is 1. The summed E-state index contributed by atoms with van der Waals surface area (Å²) in [6.07, 6.45) is 8.02. The molecule has 5 nitrogen and oxygen atoms in total. The maximum absolute atomic E-state index is 11.7. The van der Waals surface area contributed by atoms with Gasteiger partial charge in [0.15, 0.2) is 0 Å². The summed E-state index contributed by atoms with van der Waals surface area (Å²) in [6, 6.07) is 1.76. The van der Waals surface area contributed by atoms with Crippen molar-refractivity contribution in [2.45, 2.75) is 44.6 Å². The Morgan fingerprint density at radius 1 is 1.40 bits per heavy atom. The molecular weight excluding hydrogens is 254 g/mol. The van der Waals surface area contributed by atoms with Crippen LogP contribution in [0.5, 0.6) is 0 Å². The predicted molar refractivity (Wildman–Crippen MR) is 77.5 cm³/mol. The summed E-state index contributed by atoms with van der Waals surface area (Å²) in [5.41, 5.74) is 1.63. The van der Waals surface area contributed by atoms with E-state index in [-0.39, 0.29) is 6.03 Å². The van der Waals surface area contributed by atoms with E-state index in [9.17, 15) is 9.90 Å². The van der Waals surface area contributed by atoms with Gasteiger partial charge in [-0.1, -0.05) is 12.8 Å². The van der Waals surface area contributed by atoms with Crippen LogP contribution in [0.4, 0.5) is 4.79 Å². The van der Waals surface area contributed by atoms with Gasteiger partial charge in [0.2, 0.25) is 0 Å². The number of carbonyl (C=O) groups excluding carboxylic acids is 1. The Hall–Kier alpha value is -1.62. The van der Waals surface area contributed by atoms with Gasteiger partial charge >= 0.3 is 6.03 Å². The van der Waals surface area contributed by atoms with E-state index >= 15 is 0 Å². The average molecular weight is 277 g/mol. The zero-order valence-electron chi connectivity index (χ0n) is 12.0. The van der Waals surface area contributed by atoms with Crippen molar-refractivity contribution < 1.29 is 9.90 Å². The van der Waals surface area contributed by atoms with E-state index in [1.165, 1.54) is 5.56 Å². The Labute approximate surface area is 119 Å². The summed E-state index contributed by atoms with van der Waals surface area (Å²) >= 11 is 0. The smallest absolute Gasteiger partial charge is 0.314 e. The molecule has 0 aliphatic heterocycles. The number of hydrogen-bond acceptors (Lipinski definition) is 3.